The summed E-state index contributed by atoms with van der Waals surface area (Å²) >= 11 is 0. The topological polar surface area (TPSA) is 0 Å². The average Bonchev–Trinajstić information content (AvgIpc) is 2.35. The molecule has 0 aliphatic heterocycles. The van der Waals surface area contributed by atoms with Crippen molar-refractivity contribution in [2.24, 2.45) is 40.4 Å². The Labute approximate surface area is 147 Å². The molecule has 1 heteroatoms. The van der Waals surface area contributed by atoms with Gasteiger partial charge in [0.1, 0.15) is 0 Å². The van der Waals surface area contributed by atoms with Crippen molar-refractivity contribution in [3.05, 3.63) is 0 Å². The van der Waals surface area contributed by atoms with Crippen LogP contribution in [0.25, 0.3) is 0 Å². The third-order valence-electron chi connectivity index (χ3n) is 8.22. The van der Waals surface area contributed by atoms with Crippen molar-refractivity contribution in [1.82, 2.24) is 0 Å². The van der Waals surface area contributed by atoms with Crippen LogP contribution in [0.15, 0.2) is 0 Å². The Morgan fingerprint density at radius 2 is 1.43 bits per heavy atom. The second-order valence-electron chi connectivity index (χ2n) is 9.58. The second-order valence-corrected chi connectivity index (χ2v) is 9.58. The van der Waals surface area contributed by atoms with Gasteiger partial charge in [-0.05, 0) is 72.5 Å². The Kier molecular flexibility index (Phi) is 5.41. The van der Waals surface area contributed by atoms with E-state index in [1.54, 1.807) is 0 Å². The summed E-state index contributed by atoms with van der Waals surface area (Å²) in [6.45, 7) is 12.9. The third-order valence-corrected chi connectivity index (χ3v) is 8.22. The van der Waals surface area contributed by atoms with Gasteiger partial charge in [-0.1, -0.05) is 53.9 Å². The van der Waals surface area contributed by atoms with E-state index in [9.17, 15) is 0 Å². The van der Waals surface area contributed by atoms with Gasteiger partial charge in [0.15, 0.2) is 0 Å². The zero-order valence-corrected chi connectivity index (χ0v) is 17.1. The molecule has 3 rings (SSSR count). The quantitative estimate of drug-likeness (QED) is 0.389. The molecular formula is C20H36Pt. The van der Waals surface area contributed by atoms with E-state index in [2.05, 4.69) is 34.6 Å². The van der Waals surface area contributed by atoms with Crippen LogP contribution >= 0.6 is 0 Å². The largest absolute Gasteiger partial charge is 0.0622 e. The Morgan fingerprint density at radius 1 is 0.762 bits per heavy atom. The van der Waals surface area contributed by atoms with Gasteiger partial charge in [-0.25, -0.2) is 0 Å². The molecule has 3 saturated carbocycles. The van der Waals surface area contributed by atoms with E-state index < -0.39 is 0 Å². The van der Waals surface area contributed by atoms with Crippen molar-refractivity contribution < 1.29 is 21.1 Å². The van der Waals surface area contributed by atoms with Crippen LogP contribution in [0, 0.1) is 40.4 Å². The van der Waals surface area contributed by atoms with Crippen molar-refractivity contribution in [3.8, 4) is 0 Å². The van der Waals surface area contributed by atoms with Gasteiger partial charge in [-0.2, -0.15) is 0 Å². The summed E-state index contributed by atoms with van der Waals surface area (Å²) in [5.74, 6) is 4.92. The van der Waals surface area contributed by atoms with Gasteiger partial charge in [0, 0.05) is 21.1 Å². The molecule has 0 unspecified atom stereocenters. The van der Waals surface area contributed by atoms with Gasteiger partial charge >= 0.3 is 0 Å². The molecule has 0 spiro atoms. The summed E-state index contributed by atoms with van der Waals surface area (Å²) < 4.78 is 0. The molecule has 6 atom stereocenters. The summed E-state index contributed by atoms with van der Waals surface area (Å²) in [4.78, 5) is 0. The SMILES string of the molecule is C[C@@H]1CCC[C@@]2(C)CC[C@H]3[C@H](C)CC[C@@H](C[C@H]12)C3(C)C.[Pt]. The van der Waals surface area contributed by atoms with Crippen molar-refractivity contribution >= 4 is 0 Å². The summed E-state index contributed by atoms with van der Waals surface area (Å²) in [7, 11) is 0. The Morgan fingerprint density at radius 3 is 2.14 bits per heavy atom. The minimum Gasteiger partial charge on any atom is -0.0622 e. The minimum absolute atomic E-state index is 0. The Bertz CT molecular complexity index is 361. The first-order valence-electron chi connectivity index (χ1n) is 9.34. The fourth-order valence-corrected chi connectivity index (χ4v) is 6.67. The molecule has 126 valence electrons. The zero-order valence-electron chi connectivity index (χ0n) is 14.9. The normalized spacial score (nSPS) is 49.3. The molecule has 0 aromatic carbocycles. The average molecular weight is 472 g/mol. The molecule has 0 saturated heterocycles. The van der Waals surface area contributed by atoms with E-state index in [1.807, 2.05) is 0 Å². The summed E-state index contributed by atoms with van der Waals surface area (Å²) in [5, 5.41) is 0. The van der Waals surface area contributed by atoms with Crippen LogP contribution in [-0.4, -0.2) is 0 Å². The number of rotatable bonds is 0. The smallest absolute Gasteiger partial charge is 0 e. The van der Waals surface area contributed by atoms with Gasteiger partial charge in [-0.15, -0.1) is 0 Å². The van der Waals surface area contributed by atoms with Crippen LogP contribution in [0.5, 0.6) is 0 Å². The van der Waals surface area contributed by atoms with Gasteiger partial charge < -0.3 is 0 Å². The van der Waals surface area contributed by atoms with E-state index in [0.29, 0.717) is 10.8 Å². The van der Waals surface area contributed by atoms with Crippen LogP contribution in [0.1, 0.15) is 86.0 Å². The maximum Gasteiger partial charge on any atom is 0 e. The molecule has 0 aromatic rings. The number of fused-ring (bicyclic) bond motifs is 3. The minimum atomic E-state index is 0. The molecule has 2 bridgehead atoms. The maximum absolute atomic E-state index is 2.64. The Balaban J connectivity index is 0.00000161. The predicted molar refractivity (Wildman–Crippen MR) is 87.6 cm³/mol. The molecule has 0 radical (unpaired) electrons. The second kappa shape index (κ2) is 6.30. The van der Waals surface area contributed by atoms with Crippen LogP contribution in [-0.2, 0) is 21.1 Å². The molecule has 0 aromatic heterocycles. The van der Waals surface area contributed by atoms with Crippen LogP contribution in [0.4, 0.5) is 0 Å². The molecule has 3 fully saturated rings. The Hall–Kier alpha value is 0.688. The molecule has 3 aliphatic rings. The van der Waals surface area contributed by atoms with E-state index in [0.717, 1.165) is 29.6 Å². The van der Waals surface area contributed by atoms with E-state index in [4.69, 9.17) is 0 Å². The van der Waals surface area contributed by atoms with Crippen LogP contribution in [0.2, 0.25) is 0 Å². The van der Waals surface area contributed by atoms with Gasteiger partial charge in [0.2, 0.25) is 0 Å². The predicted octanol–water partition coefficient (Wildman–Crippen LogP) is 6.30. The monoisotopic (exact) mass is 471 g/mol. The third kappa shape index (κ3) is 3.05. The van der Waals surface area contributed by atoms with Gasteiger partial charge in [0.05, 0.1) is 0 Å². The standard InChI is InChI=1S/C20H36.Pt/c1-14-7-6-11-20(5)12-10-17-15(2)8-9-16(13-18(14)20)19(17,3)4;/h14-18H,6-13H2,1-5H3;/t14-,15-,16+,17+,18-,20+;/m1./s1. The van der Waals surface area contributed by atoms with Crippen molar-refractivity contribution in [2.45, 2.75) is 86.0 Å². The molecule has 3 aliphatic carbocycles. The molecule has 21 heavy (non-hydrogen) atoms. The first kappa shape index (κ1) is 18.0. The van der Waals surface area contributed by atoms with E-state index in [-0.39, 0.29) is 21.1 Å². The summed E-state index contributed by atoms with van der Waals surface area (Å²) in [6.07, 6.45) is 12.0. The van der Waals surface area contributed by atoms with Crippen molar-refractivity contribution in [1.29, 1.82) is 0 Å². The molecule has 0 N–H and O–H groups in total. The molecule has 0 nitrogen and oxygen atoms in total. The number of hydrogen-bond acceptors (Lipinski definition) is 0. The van der Waals surface area contributed by atoms with Crippen molar-refractivity contribution in [2.75, 3.05) is 0 Å². The number of hydrogen-bond donors (Lipinski definition) is 0. The molecular weight excluding hydrogens is 435 g/mol. The van der Waals surface area contributed by atoms with Crippen molar-refractivity contribution in [3.63, 3.8) is 0 Å². The maximum atomic E-state index is 2.64. The molecule has 0 amide bonds. The molecule has 0 heterocycles. The van der Waals surface area contributed by atoms with Crippen LogP contribution < -0.4 is 0 Å². The van der Waals surface area contributed by atoms with E-state index >= 15 is 0 Å². The summed E-state index contributed by atoms with van der Waals surface area (Å²) in [5.41, 5.74) is 1.26. The fraction of sp³-hybridized carbons (Fsp3) is 1.00. The van der Waals surface area contributed by atoms with E-state index in [1.165, 1.54) is 51.4 Å². The van der Waals surface area contributed by atoms with Gasteiger partial charge in [0.25, 0.3) is 0 Å². The fourth-order valence-electron chi connectivity index (χ4n) is 6.67. The zero-order chi connectivity index (χ0) is 14.5. The first-order valence-corrected chi connectivity index (χ1v) is 9.34. The van der Waals surface area contributed by atoms with Gasteiger partial charge in [-0.3, -0.25) is 0 Å². The summed E-state index contributed by atoms with van der Waals surface area (Å²) in [6, 6.07) is 0. The van der Waals surface area contributed by atoms with Crippen LogP contribution in [0.3, 0.4) is 0 Å². The first-order chi connectivity index (χ1) is 9.34.